The van der Waals surface area contributed by atoms with E-state index < -0.39 is 5.41 Å². The van der Waals surface area contributed by atoms with Gasteiger partial charge in [0.25, 0.3) is 0 Å². The van der Waals surface area contributed by atoms with E-state index in [1.807, 2.05) is 0 Å². The molecule has 0 amide bonds. The molecule has 1 aliphatic heterocycles. The Balaban J connectivity index is 1.80. The summed E-state index contributed by atoms with van der Waals surface area (Å²) in [6.45, 7) is 1.01. The Hall–Kier alpha value is -1.41. The first kappa shape index (κ1) is 13.6. The van der Waals surface area contributed by atoms with E-state index in [1.165, 1.54) is 25.7 Å². The maximum atomic E-state index is 9.57. The average molecular weight is 274 g/mol. The molecule has 20 heavy (non-hydrogen) atoms. The largest absolute Gasteiger partial charge is 0.338 e. The maximum Gasteiger partial charge on any atom is 0.247 e. The summed E-state index contributed by atoms with van der Waals surface area (Å²) in [5.41, 5.74) is -0.534. The molecule has 5 nitrogen and oxygen atoms in total. The highest BCUT2D eigenvalue weighted by molar-refractivity contribution is 5.19. The van der Waals surface area contributed by atoms with E-state index in [0.29, 0.717) is 5.89 Å². The highest BCUT2D eigenvalue weighted by Crippen LogP contribution is 2.38. The summed E-state index contributed by atoms with van der Waals surface area (Å²) in [6.07, 6.45) is 9.78. The molecule has 0 spiro atoms. The first-order chi connectivity index (χ1) is 9.84. The number of nitrogens with zero attached hydrogens (tertiary/aromatic N) is 3. The van der Waals surface area contributed by atoms with Gasteiger partial charge in [0.15, 0.2) is 5.82 Å². The lowest BCUT2D eigenvalue weighted by Gasteiger charge is -2.26. The fourth-order valence-electron chi connectivity index (χ4n) is 3.35. The van der Waals surface area contributed by atoms with Crippen LogP contribution in [0.1, 0.15) is 75.5 Å². The van der Waals surface area contributed by atoms with Crippen LogP contribution >= 0.6 is 0 Å². The van der Waals surface area contributed by atoms with Crippen LogP contribution in [0.2, 0.25) is 0 Å². The van der Waals surface area contributed by atoms with Gasteiger partial charge in [-0.15, -0.1) is 0 Å². The Morgan fingerprint density at radius 2 is 1.95 bits per heavy atom. The molecule has 3 rings (SSSR count). The van der Waals surface area contributed by atoms with Crippen LogP contribution in [0.3, 0.4) is 0 Å². The predicted octanol–water partition coefficient (Wildman–Crippen LogP) is 3.00. The minimum Gasteiger partial charge on any atom is -0.338 e. The highest BCUT2D eigenvalue weighted by Gasteiger charge is 2.40. The van der Waals surface area contributed by atoms with Crippen LogP contribution < -0.4 is 5.32 Å². The zero-order valence-electron chi connectivity index (χ0n) is 11.9. The molecule has 1 saturated carbocycles. The van der Waals surface area contributed by atoms with E-state index in [1.54, 1.807) is 0 Å². The molecule has 1 saturated heterocycles. The summed E-state index contributed by atoms with van der Waals surface area (Å²) in [7, 11) is 0. The van der Waals surface area contributed by atoms with Crippen molar-refractivity contribution in [1.82, 2.24) is 15.5 Å². The van der Waals surface area contributed by atoms with Crippen LogP contribution in [0.5, 0.6) is 0 Å². The summed E-state index contributed by atoms with van der Waals surface area (Å²) in [4.78, 5) is 4.58. The molecule has 1 N–H and O–H groups in total. The van der Waals surface area contributed by atoms with Crippen LogP contribution in [-0.4, -0.2) is 16.7 Å². The molecule has 1 atom stereocenters. The predicted molar refractivity (Wildman–Crippen MR) is 73.9 cm³/mol. The second-order valence-corrected chi connectivity index (χ2v) is 6.07. The molecule has 0 radical (unpaired) electrons. The van der Waals surface area contributed by atoms with Crippen molar-refractivity contribution in [3.8, 4) is 6.07 Å². The molecule has 0 bridgehead atoms. The fourth-order valence-corrected chi connectivity index (χ4v) is 3.35. The molecule has 0 unspecified atom stereocenters. The second kappa shape index (κ2) is 5.92. The van der Waals surface area contributed by atoms with E-state index in [2.05, 4.69) is 21.5 Å². The van der Waals surface area contributed by atoms with Gasteiger partial charge in [0.05, 0.1) is 12.1 Å². The third kappa shape index (κ3) is 2.57. The van der Waals surface area contributed by atoms with Gasteiger partial charge in [0.1, 0.15) is 5.41 Å². The maximum absolute atomic E-state index is 9.57. The second-order valence-electron chi connectivity index (χ2n) is 6.07. The van der Waals surface area contributed by atoms with Gasteiger partial charge in [-0.1, -0.05) is 37.3 Å². The van der Waals surface area contributed by atoms with Gasteiger partial charge in [-0.05, 0) is 32.2 Å². The summed E-state index contributed by atoms with van der Waals surface area (Å²) < 4.78 is 5.47. The topological polar surface area (TPSA) is 74.7 Å². The molecule has 5 heteroatoms. The minimum absolute atomic E-state index is 0.189. The van der Waals surface area contributed by atoms with Gasteiger partial charge >= 0.3 is 0 Å². The van der Waals surface area contributed by atoms with E-state index in [4.69, 9.17) is 4.52 Å². The van der Waals surface area contributed by atoms with Crippen LogP contribution in [0.15, 0.2) is 4.52 Å². The van der Waals surface area contributed by atoms with Crippen LogP contribution in [0.25, 0.3) is 0 Å². The third-order valence-electron chi connectivity index (χ3n) is 4.64. The van der Waals surface area contributed by atoms with Crippen molar-refractivity contribution in [1.29, 1.82) is 5.26 Å². The van der Waals surface area contributed by atoms with Crippen LogP contribution in [0.4, 0.5) is 0 Å². The summed E-state index contributed by atoms with van der Waals surface area (Å²) in [6, 6.07) is 2.63. The van der Waals surface area contributed by atoms with E-state index in [-0.39, 0.29) is 6.04 Å². The molecule has 1 aromatic heterocycles. The number of nitrogens with one attached hydrogen (secondary N) is 1. The van der Waals surface area contributed by atoms with Gasteiger partial charge < -0.3 is 9.84 Å². The molecule has 0 aromatic carbocycles. The van der Waals surface area contributed by atoms with Crippen LogP contribution in [0, 0.1) is 11.3 Å². The molecule has 2 fully saturated rings. The van der Waals surface area contributed by atoms with E-state index >= 15 is 0 Å². The first-order valence-corrected chi connectivity index (χ1v) is 7.83. The third-order valence-corrected chi connectivity index (χ3v) is 4.64. The monoisotopic (exact) mass is 274 g/mol. The Bertz CT molecular complexity index is 476. The molecule has 2 aliphatic rings. The van der Waals surface area contributed by atoms with Crippen molar-refractivity contribution < 1.29 is 4.52 Å². The van der Waals surface area contributed by atoms with Crippen molar-refractivity contribution in [3.05, 3.63) is 11.7 Å². The fraction of sp³-hybridized carbons (Fsp3) is 0.800. The summed E-state index contributed by atoms with van der Waals surface area (Å²) in [5.74, 6) is 1.28. The van der Waals surface area contributed by atoms with Crippen molar-refractivity contribution in [2.24, 2.45) is 0 Å². The Morgan fingerprint density at radius 1 is 1.15 bits per heavy atom. The lowest BCUT2D eigenvalue weighted by molar-refractivity contribution is 0.263. The Morgan fingerprint density at radius 3 is 2.75 bits per heavy atom. The standard InChI is InChI=1S/C15H22N4O/c16-11-15(8-4-2-5-9-15)14-18-13(19-20-14)12-7-3-1-6-10-17-12/h12,17H,1-10H2/t12-/m1/s1. The van der Waals surface area contributed by atoms with Gasteiger partial charge in [-0.3, -0.25) is 0 Å². The average Bonchev–Trinajstić information content (AvgIpc) is 2.85. The number of rotatable bonds is 2. The molecule has 108 valence electrons. The van der Waals surface area contributed by atoms with E-state index in [0.717, 1.165) is 44.5 Å². The van der Waals surface area contributed by atoms with Crippen LogP contribution in [-0.2, 0) is 5.41 Å². The zero-order valence-corrected chi connectivity index (χ0v) is 11.9. The van der Waals surface area contributed by atoms with Crippen molar-refractivity contribution >= 4 is 0 Å². The molecular formula is C15H22N4O. The smallest absolute Gasteiger partial charge is 0.247 e. The SMILES string of the molecule is N#CC1(c2nc([C@H]3CCCCCN3)no2)CCCCC1. The first-order valence-electron chi connectivity index (χ1n) is 7.83. The van der Waals surface area contributed by atoms with Crippen molar-refractivity contribution in [3.63, 3.8) is 0 Å². The molecule has 1 aliphatic carbocycles. The number of hydrogen-bond acceptors (Lipinski definition) is 5. The molecule has 1 aromatic rings. The van der Waals surface area contributed by atoms with Gasteiger partial charge in [-0.25, -0.2) is 0 Å². The Kier molecular flexibility index (Phi) is 4.02. The number of aromatic nitrogens is 2. The Labute approximate surface area is 119 Å². The lowest BCUT2D eigenvalue weighted by Crippen LogP contribution is -2.28. The molecule has 2 heterocycles. The number of hydrogen-bond donors (Lipinski definition) is 1. The molecular weight excluding hydrogens is 252 g/mol. The summed E-state index contributed by atoms with van der Waals surface area (Å²) >= 11 is 0. The number of nitriles is 1. The van der Waals surface area contributed by atoms with E-state index in [9.17, 15) is 5.26 Å². The van der Waals surface area contributed by atoms with Gasteiger partial charge in [0.2, 0.25) is 5.89 Å². The van der Waals surface area contributed by atoms with Gasteiger partial charge in [0, 0.05) is 0 Å². The quantitative estimate of drug-likeness (QED) is 0.897. The highest BCUT2D eigenvalue weighted by atomic mass is 16.5. The normalized spacial score (nSPS) is 26.6. The summed E-state index contributed by atoms with van der Waals surface area (Å²) in [5, 5.41) is 17.2. The zero-order chi connectivity index (χ0) is 13.8. The minimum atomic E-state index is -0.534. The lowest BCUT2D eigenvalue weighted by atomic mass is 9.75. The van der Waals surface area contributed by atoms with Gasteiger partial charge in [-0.2, -0.15) is 10.2 Å². The van der Waals surface area contributed by atoms with Crippen molar-refractivity contribution in [2.75, 3.05) is 6.54 Å². The van der Waals surface area contributed by atoms with Crippen molar-refractivity contribution in [2.45, 2.75) is 69.2 Å².